The normalized spacial score (nSPS) is 18.1. The fourth-order valence-corrected chi connectivity index (χ4v) is 4.02. The second-order valence-electron chi connectivity index (χ2n) is 5.27. The van der Waals surface area contributed by atoms with Crippen LogP contribution in [-0.2, 0) is 11.3 Å². The lowest BCUT2D eigenvalue weighted by atomic mass is 10.1. The minimum absolute atomic E-state index is 0.00200. The molecule has 1 aliphatic heterocycles. The van der Waals surface area contributed by atoms with Crippen molar-refractivity contribution in [1.29, 1.82) is 0 Å². The molecule has 0 aliphatic carbocycles. The number of carbonyl (C=O) groups excluding carboxylic acids is 1. The number of benzene rings is 1. The highest BCUT2D eigenvalue weighted by Gasteiger charge is 2.31. The number of rotatable bonds is 5. The number of methoxy groups -OCH3 is 2. The first-order valence-electron chi connectivity index (χ1n) is 7.49. The summed E-state index contributed by atoms with van der Waals surface area (Å²) in [6.45, 7) is 0.496. The highest BCUT2D eigenvalue weighted by Crippen LogP contribution is 2.39. The predicted octanol–water partition coefficient (Wildman–Crippen LogP) is 3.20. The van der Waals surface area contributed by atoms with Gasteiger partial charge >= 0.3 is 0 Å². The highest BCUT2D eigenvalue weighted by molar-refractivity contribution is 7.99. The van der Waals surface area contributed by atoms with E-state index in [9.17, 15) is 4.79 Å². The van der Waals surface area contributed by atoms with E-state index in [0.717, 1.165) is 17.0 Å². The third-order valence-electron chi connectivity index (χ3n) is 3.91. The van der Waals surface area contributed by atoms with Gasteiger partial charge in [-0.15, -0.1) is 11.8 Å². The number of hydrogen-bond donors (Lipinski definition) is 1. The quantitative estimate of drug-likeness (QED) is 0.913. The van der Waals surface area contributed by atoms with Crippen molar-refractivity contribution < 1.29 is 14.3 Å². The van der Waals surface area contributed by atoms with E-state index in [1.807, 2.05) is 41.4 Å². The molecule has 0 radical (unpaired) electrons. The van der Waals surface area contributed by atoms with Crippen molar-refractivity contribution in [2.75, 3.05) is 20.0 Å². The summed E-state index contributed by atoms with van der Waals surface area (Å²) in [5.41, 5.74) is 1.99. The zero-order chi connectivity index (χ0) is 16.2. The third-order valence-corrected chi connectivity index (χ3v) is 5.17. The summed E-state index contributed by atoms with van der Waals surface area (Å²) in [6.07, 6.45) is 2.45. The molecule has 1 saturated heterocycles. The Labute approximate surface area is 140 Å². The fraction of sp³-hybridized carbons (Fsp3) is 0.353. The van der Waals surface area contributed by atoms with E-state index in [1.165, 1.54) is 0 Å². The van der Waals surface area contributed by atoms with E-state index in [4.69, 9.17) is 9.47 Å². The molecule has 1 atom stereocenters. The molecule has 0 saturated carbocycles. The number of nitrogens with zero attached hydrogens (tertiary/aromatic N) is 1. The number of carbonyl (C=O) groups is 1. The Morgan fingerprint density at radius 1 is 1.26 bits per heavy atom. The molecular weight excluding hydrogens is 312 g/mol. The van der Waals surface area contributed by atoms with Gasteiger partial charge in [0.2, 0.25) is 5.91 Å². The van der Waals surface area contributed by atoms with Crippen LogP contribution in [0.3, 0.4) is 0 Å². The zero-order valence-corrected chi connectivity index (χ0v) is 14.1. The number of para-hydroxylation sites is 1. The van der Waals surface area contributed by atoms with Crippen molar-refractivity contribution in [3.8, 4) is 11.5 Å². The van der Waals surface area contributed by atoms with Crippen LogP contribution in [-0.4, -0.2) is 35.8 Å². The van der Waals surface area contributed by atoms with Gasteiger partial charge in [-0.1, -0.05) is 12.1 Å². The number of nitrogens with one attached hydrogen (secondary N) is 1. The molecule has 1 aromatic carbocycles. The Kier molecular flexibility index (Phi) is 4.81. The van der Waals surface area contributed by atoms with Gasteiger partial charge in [0.05, 0.1) is 20.8 Å². The lowest BCUT2D eigenvalue weighted by Crippen LogP contribution is -2.37. The zero-order valence-electron chi connectivity index (χ0n) is 13.2. The van der Waals surface area contributed by atoms with Crippen molar-refractivity contribution in [3.05, 3.63) is 47.8 Å². The molecule has 1 aliphatic rings. The molecule has 1 unspecified atom stereocenters. The molecule has 2 aromatic rings. The highest BCUT2D eigenvalue weighted by atomic mass is 32.2. The number of thioether (sulfide) groups is 1. The summed E-state index contributed by atoms with van der Waals surface area (Å²) in [5.74, 6) is 2.37. The molecule has 0 bridgehead atoms. The van der Waals surface area contributed by atoms with Crippen molar-refractivity contribution in [2.24, 2.45) is 0 Å². The Bertz CT molecular complexity index is 672. The van der Waals surface area contributed by atoms with Crippen LogP contribution in [0.4, 0.5) is 0 Å². The predicted molar refractivity (Wildman–Crippen MR) is 90.7 cm³/mol. The first-order chi connectivity index (χ1) is 11.2. The monoisotopic (exact) mass is 332 g/mol. The van der Waals surface area contributed by atoms with Gasteiger partial charge in [-0.05, 0) is 18.2 Å². The maximum absolute atomic E-state index is 12.5. The van der Waals surface area contributed by atoms with Gasteiger partial charge in [-0.3, -0.25) is 4.79 Å². The molecule has 1 fully saturated rings. The molecule has 3 rings (SSSR count). The van der Waals surface area contributed by atoms with Crippen LogP contribution in [0.2, 0.25) is 0 Å². The summed E-state index contributed by atoms with van der Waals surface area (Å²) in [4.78, 5) is 17.6. The van der Waals surface area contributed by atoms with E-state index >= 15 is 0 Å². The van der Waals surface area contributed by atoms with Crippen molar-refractivity contribution in [3.63, 3.8) is 0 Å². The summed E-state index contributed by atoms with van der Waals surface area (Å²) in [5, 5.41) is 0.00200. The number of ether oxygens (including phenoxy) is 2. The van der Waals surface area contributed by atoms with Gasteiger partial charge in [0.25, 0.3) is 0 Å². The van der Waals surface area contributed by atoms with Gasteiger partial charge in [-0.25, -0.2) is 0 Å². The standard InChI is InChI=1S/C17H20N2O3S/c1-21-14-7-3-5-12(16(14)22-2)11-19-15(20)8-10-23-17(19)13-6-4-9-18-13/h3-7,9,17-18H,8,10-11H2,1-2H3. The fourth-order valence-electron chi connectivity index (χ4n) is 2.81. The second-order valence-corrected chi connectivity index (χ2v) is 6.46. The Morgan fingerprint density at radius 3 is 2.83 bits per heavy atom. The van der Waals surface area contributed by atoms with E-state index < -0.39 is 0 Å². The van der Waals surface area contributed by atoms with E-state index in [2.05, 4.69) is 4.98 Å². The van der Waals surface area contributed by atoms with Crippen molar-refractivity contribution >= 4 is 17.7 Å². The van der Waals surface area contributed by atoms with Gasteiger partial charge in [0.15, 0.2) is 11.5 Å². The van der Waals surface area contributed by atoms with E-state index in [-0.39, 0.29) is 11.3 Å². The SMILES string of the molecule is COc1cccc(CN2C(=O)CCSC2c2ccc[nH]2)c1OC. The molecule has 1 aromatic heterocycles. The molecule has 122 valence electrons. The van der Waals surface area contributed by atoms with Gasteiger partial charge in [0.1, 0.15) is 5.37 Å². The first-order valence-corrected chi connectivity index (χ1v) is 8.53. The van der Waals surface area contributed by atoms with Crippen LogP contribution in [0.15, 0.2) is 36.5 Å². The summed E-state index contributed by atoms with van der Waals surface area (Å²) >= 11 is 1.78. The lowest BCUT2D eigenvalue weighted by molar-refractivity contribution is -0.132. The van der Waals surface area contributed by atoms with Crippen molar-refractivity contribution in [2.45, 2.75) is 18.3 Å². The van der Waals surface area contributed by atoms with Gasteiger partial charge in [-0.2, -0.15) is 0 Å². The van der Waals surface area contributed by atoms with Crippen molar-refractivity contribution in [1.82, 2.24) is 9.88 Å². The summed E-state index contributed by atoms with van der Waals surface area (Å²) < 4.78 is 10.8. The molecule has 5 nitrogen and oxygen atoms in total. The van der Waals surface area contributed by atoms with Gasteiger partial charge in [0, 0.05) is 29.6 Å². The van der Waals surface area contributed by atoms with Gasteiger partial charge < -0.3 is 19.4 Å². The van der Waals surface area contributed by atoms with Crippen LogP contribution in [0.25, 0.3) is 0 Å². The third kappa shape index (κ3) is 3.17. The number of hydrogen-bond acceptors (Lipinski definition) is 4. The smallest absolute Gasteiger partial charge is 0.224 e. The minimum atomic E-state index is 0.00200. The lowest BCUT2D eigenvalue weighted by Gasteiger charge is -2.35. The summed E-state index contributed by atoms with van der Waals surface area (Å²) in [7, 11) is 3.24. The number of H-pyrrole nitrogens is 1. The maximum Gasteiger partial charge on any atom is 0.224 e. The van der Waals surface area contributed by atoms with Crippen LogP contribution in [0.1, 0.15) is 23.1 Å². The number of amides is 1. The average Bonchev–Trinajstić information content (AvgIpc) is 3.10. The van der Waals surface area contributed by atoms with Crippen LogP contribution >= 0.6 is 11.8 Å². The number of aromatic nitrogens is 1. The topological polar surface area (TPSA) is 54.6 Å². The average molecular weight is 332 g/mol. The Morgan fingerprint density at radius 2 is 2.13 bits per heavy atom. The maximum atomic E-state index is 12.5. The minimum Gasteiger partial charge on any atom is -0.493 e. The first kappa shape index (κ1) is 15.8. The summed E-state index contributed by atoms with van der Waals surface area (Å²) in [6, 6.07) is 9.73. The second kappa shape index (κ2) is 7.00. The van der Waals surface area contributed by atoms with E-state index in [0.29, 0.717) is 24.5 Å². The molecule has 23 heavy (non-hydrogen) atoms. The molecule has 2 heterocycles. The van der Waals surface area contributed by atoms with Crippen LogP contribution in [0.5, 0.6) is 11.5 Å². The molecule has 1 N–H and O–H groups in total. The molecular formula is C17H20N2O3S. The molecule has 1 amide bonds. The Hall–Kier alpha value is -2.08. The Balaban J connectivity index is 1.91. The van der Waals surface area contributed by atoms with E-state index in [1.54, 1.807) is 26.0 Å². The number of aromatic amines is 1. The van der Waals surface area contributed by atoms with Crippen LogP contribution in [0, 0.1) is 0 Å². The van der Waals surface area contributed by atoms with Crippen LogP contribution < -0.4 is 9.47 Å². The molecule has 6 heteroatoms. The largest absolute Gasteiger partial charge is 0.493 e. The molecule has 0 spiro atoms.